The molecule has 2 fully saturated rings. The van der Waals surface area contributed by atoms with Crippen LogP contribution in [0, 0.1) is 38.4 Å². The highest BCUT2D eigenvalue weighted by atomic mass is 32.2. The van der Waals surface area contributed by atoms with E-state index in [0.717, 1.165) is 38.5 Å². The van der Waals surface area contributed by atoms with Gasteiger partial charge in [0.05, 0.1) is 16.4 Å². The Balaban J connectivity index is 1.88. The van der Waals surface area contributed by atoms with Gasteiger partial charge >= 0.3 is 17.9 Å². The van der Waals surface area contributed by atoms with Crippen LogP contribution in [0.5, 0.6) is 0 Å². The minimum absolute atomic E-state index is 0.114. The summed E-state index contributed by atoms with van der Waals surface area (Å²) >= 11 is 1.34. The predicted molar refractivity (Wildman–Crippen MR) is 267 cm³/mol. The number of hydrogen-bond donors (Lipinski definition) is 3. The number of carbonyl (C=O) groups is 5. The molecule has 4 rings (SSSR count). The fraction of sp³-hybridized carbons (Fsp3) is 0.736. The van der Waals surface area contributed by atoms with Gasteiger partial charge in [0.25, 0.3) is 0 Å². The van der Waals surface area contributed by atoms with Gasteiger partial charge in [-0.05, 0) is 81.9 Å². The number of aliphatic imine (C=N–C) groups is 1. The van der Waals surface area contributed by atoms with Gasteiger partial charge in [0.2, 0.25) is 11.8 Å². The first-order valence-corrected chi connectivity index (χ1v) is 25.4. The predicted octanol–water partition coefficient (Wildman–Crippen LogP) is 12.0. The van der Waals surface area contributed by atoms with Crippen LogP contribution in [0.25, 0.3) is 6.08 Å². The van der Waals surface area contributed by atoms with Crippen molar-refractivity contribution in [1.29, 1.82) is 0 Å². The molecule has 3 N–H and O–H groups in total. The number of aromatic nitrogens is 1. The molecule has 0 saturated heterocycles. The van der Waals surface area contributed by atoms with Crippen molar-refractivity contribution >= 4 is 59.2 Å². The van der Waals surface area contributed by atoms with Gasteiger partial charge in [-0.15, -0.1) is 11.8 Å². The molecule has 370 valence electrons. The van der Waals surface area contributed by atoms with Crippen molar-refractivity contribution in [3.8, 4) is 0 Å². The Kier molecular flexibility index (Phi) is 16.9. The van der Waals surface area contributed by atoms with Crippen LogP contribution in [-0.4, -0.2) is 70.4 Å². The van der Waals surface area contributed by atoms with E-state index in [2.05, 4.69) is 71.0 Å². The van der Waals surface area contributed by atoms with E-state index < -0.39 is 40.2 Å². The van der Waals surface area contributed by atoms with E-state index in [1.54, 1.807) is 33.8 Å². The highest BCUT2D eigenvalue weighted by Gasteiger charge is 2.49. The second-order valence-electron chi connectivity index (χ2n) is 24.1. The number of amidine groups is 1. The molecule has 1 aromatic rings. The number of esters is 3. The first-order valence-electron chi connectivity index (χ1n) is 24.3. The molecular formula is C53H84N4O8S. The number of anilines is 1. The van der Waals surface area contributed by atoms with Gasteiger partial charge in [-0.25, -0.2) is 14.6 Å². The largest absolute Gasteiger partial charge is 0.464 e. The van der Waals surface area contributed by atoms with Crippen LogP contribution in [-0.2, 0) is 33.4 Å². The van der Waals surface area contributed by atoms with Crippen molar-refractivity contribution in [2.45, 2.75) is 200 Å². The van der Waals surface area contributed by atoms with E-state index >= 15 is 0 Å². The molecule has 1 atom stereocenters. The summed E-state index contributed by atoms with van der Waals surface area (Å²) in [6, 6.07) is 0. The number of rotatable bonds is 15. The summed E-state index contributed by atoms with van der Waals surface area (Å²) in [6.45, 7) is 38.0. The standard InChI is InChI=1S/C53H84N4O8S/c1-20-49(10,11)47(62)63-27-28-66-32(6)41(58)56-39-37(42(59)64-44-50(12,13)23-21-24-51(44,14)15)35(30(2)3)33(54-39)29-34-36(31(4)5)38(40(55-34)57-46(61)48(7,8)9)43(60)65-45-52(16,17)25-22-26-53(45,18)19/h29-32,44-45,54H,20-28H2,1-19H3,(H,56,58)(H,55,57,61). The highest BCUT2D eigenvalue weighted by molar-refractivity contribution is 8.00. The van der Waals surface area contributed by atoms with Crippen LogP contribution in [0.3, 0.4) is 0 Å². The van der Waals surface area contributed by atoms with Crippen LogP contribution in [0.4, 0.5) is 5.82 Å². The maximum atomic E-state index is 14.9. The van der Waals surface area contributed by atoms with Crippen LogP contribution in [0.1, 0.15) is 204 Å². The summed E-state index contributed by atoms with van der Waals surface area (Å²) in [5, 5.41) is 5.44. The van der Waals surface area contributed by atoms with Crippen molar-refractivity contribution in [2.75, 3.05) is 17.7 Å². The van der Waals surface area contributed by atoms with Gasteiger partial charge in [0.15, 0.2) is 0 Å². The molecule has 12 nitrogen and oxygen atoms in total. The molecule has 0 bridgehead atoms. The normalized spacial score (nSPS) is 20.9. The molecule has 1 unspecified atom stereocenters. The number of thioether (sulfide) groups is 1. The Labute approximate surface area is 400 Å². The van der Waals surface area contributed by atoms with Crippen molar-refractivity contribution in [1.82, 2.24) is 10.3 Å². The fourth-order valence-electron chi connectivity index (χ4n) is 10.1. The maximum Gasteiger partial charge on any atom is 0.342 e. The third-order valence-corrected chi connectivity index (χ3v) is 15.3. The molecule has 1 aliphatic heterocycles. The molecule has 3 aliphatic rings. The summed E-state index contributed by atoms with van der Waals surface area (Å²) in [6.07, 6.45) is 7.32. The molecule has 2 amide bonds. The smallest absolute Gasteiger partial charge is 0.342 e. The summed E-state index contributed by atoms with van der Waals surface area (Å²) in [7, 11) is 0. The zero-order valence-electron chi connectivity index (χ0n) is 43.9. The second-order valence-corrected chi connectivity index (χ2v) is 25.6. The van der Waals surface area contributed by atoms with Crippen molar-refractivity contribution in [3.05, 3.63) is 33.7 Å². The van der Waals surface area contributed by atoms with Gasteiger partial charge in [-0.3, -0.25) is 14.4 Å². The van der Waals surface area contributed by atoms with Crippen molar-refractivity contribution in [2.24, 2.45) is 43.4 Å². The van der Waals surface area contributed by atoms with Gasteiger partial charge in [-0.1, -0.05) is 124 Å². The van der Waals surface area contributed by atoms with Crippen molar-refractivity contribution < 1.29 is 38.2 Å². The first kappa shape index (κ1) is 54.7. The highest BCUT2D eigenvalue weighted by Crippen LogP contribution is 2.50. The SMILES string of the molecule is CCC(C)(C)C(=O)OCCSC(C)C(=O)Nc1[nH]c(C=C2N=C(NC(=O)C(C)(C)C)C(C(=O)OC3C(C)(C)CCCC3(C)C)=C2C(C)C)c(C(C)C)c1C(=O)OC1C(C)(C)CCCC1(C)C. The zero-order valence-corrected chi connectivity index (χ0v) is 44.8. The maximum absolute atomic E-state index is 14.9. The van der Waals surface area contributed by atoms with E-state index in [1.165, 1.54) is 11.8 Å². The Morgan fingerprint density at radius 1 is 0.773 bits per heavy atom. The summed E-state index contributed by atoms with van der Waals surface area (Å²) in [5.41, 5.74) is 0.00460. The Hall–Kier alpha value is -3.87. The lowest BCUT2D eigenvalue weighted by Gasteiger charge is -2.48. The number of nitrogens with zero attached hydrogens (tertiary/aromatic N) is 1. The van der Waals surface area contributed by atoms with Crippen LogP contribution in [0.15, 0.2) is 21.8 Å². The third kappa shape index (κ3) is 12.4. The Morgan fingerprint density at radius 2 is 1.27 bits per heavy atom. The van der Waals surface area contributed by atoms with E-state index in [9.17, 15) is 24.0 Å². The second kappa shape index (κ2) is 20.4. The van der Waals surface area contributed by atoms with E-state index in [-0.39, 0.29) is 80.7 Å². The number of aromatic amines is 1. The molecule has 0 radical (unpaired) electrons. The van der Waals surface area contributed by atoms with Crippen LogP contribution < -0.4 is 10.6 Å². The quantitative estimate of drug-likeness (QED) is 0.0881. The van der Waals surface area contributed by atoms with E-state index in [1.807, 2.05) is 48.5 Å². The number of carbonyl (C=O) groups excluding carboxylic acids is 5. The molecule has 13 heteroatoms. The average molecular weight is 937 g/mol. The lowest BCUT2D eigenvalue weighted by molar-refractivity contribution is -0.166. The fourth-order valence-corrected chi connectivity index (χ4v) is 10.8. The summed E-state index contributed by atoms with van der Waals surface area (Å²) in [5.74, 6) is -1.84. The number of hydrogen-bond acceptors (Lipinski definition) is 10. The Bertz CT molecular complexity index is 2080. The number of amides is 2. The van der Waals surface area contributed by atoms with Crippen molar-refractivity contribution in [3.63, 3.8) is 0 Å². The van der Waals surface area contributed by atoms with Crippen LogP contribution in [0.2, 0.25) is 0 Å². The number of ether oxygens (including phenoxy) is 3. The molecule has 66 heavy (non-hydrogen) atoms. The first-order chi connectivity index (χ1) is 30.2. The van der Waals surface area contributed by atoms with Gasteiger partial charge < -0.3 is 29.8 Å². The Morgan fingerprint density at radius 3 is 1.73 bits per heavy atom. The van der Waals surface area contributed by atoms with Crippen LogP contribution >= 0.6 is 11.8 Å². The topological polar surface area (TPSA) is 165 Å². The minimum Gasteiger partial charge on any atom is -0.464 e. The number of H-pyrrole nitrogens is 1. The monoisotopic (exact) mass is 937 g/mol. The zero-order chi connectivity index (χ0) is 50.1. The average Bonchev–Trinajstić information content (AvgIpc) is 3.72. The number of allylic oxidation sites excluding steroid dienone is 1. The molecule has 0 aromatic carbocycles. The van der Waals surface area contributed by atoms with E-state index in [0.29, 0.717) is 34.7 Å². The minimum atomic E-state index is -0.796. The summed E-state index contributed by atoms with van der Waals surface area (Å²) < 4.78 is 18.6. The molecule has 1 aromatic heterocycles. The molecule has 2 heterocycles. The third-order valence-electron chi connectivity index (χ3n) is 14.2. The van der Waals surface area contributed by atoms with Gasteiger partial charge in [0.1, 0.15) is 41.6 Å². The lowest BCUT2D eigenvalue weighted by Crippen LogP contribution is -2.49. The lowest BCUT2D eigenvalue weighted by atomic mass is 9.63. The molecule has 0 spiro atoms. The van der Waals surface area contributed by atoms with E-state index in [4.69, 9.17) is 19.2 Å². The number of nitrogens with one attached hydrogen (secondary N) is 3. The summed E-state index contributed by atoms with van der Waals surface area (Å²) in [4.78, 5) is 78.3. The molecular weight excluding hydrogens is 853 g/mol. The van der Waals surface area contributed by atoms with Gasteiger partial charge in [0, 0.05) is 38.5 Å². The molecule has 2 saturated carbocycles. The van der Waals surface area contributed by atoms with Gasteiger partial charge in [-0.2, -0.15) is 0 Å². The molecule has 2 aliphatic carbocycles.